The first kappa shape index (κ1) is 16.9. The first-order chi connectivity index (χ1) is 9.34. The molecule has 3 nitrogen and oxygen atoms in total. The van der Waals surface area contributed by atoms with Gasteiger partial charge in [0.2, 0.25) is 0 Å². The van der Waals surface area contributed by atoms with E-state index in [9.17, 15) is 0 Å². The number of rotatable bonds is 10. The van der Waals surface area contributed by atoms with Crippen molar-refractivity contribution >= 4 is 0 Å². The van der Waals surface area contributed by atoms with Gasteiger partial charge in [0.15, 0.2) is 0 Å². The normalized spacial score (nSPS) is 17.8. The third-order valence-corrected chi connectivity index (χ3v) is 4.19. The van der Waals surface area contributed by atoms with Crippen molar-refractivity contribution in [3.05, 3.63) is 0 Å². The van der Waals surface area contributed by atoms with E-state index in [2.05, 4.69) is 24.2 Å². The van der Waals surface area contributed by atoms with E-state index in [1.165, 1.54) is 57.9 Å². The minimum atomic E-state index is 0.835. The average molecular weight is 270 g/mol. The van der Waals surface area contributed by atoms with Gasteiger partial charge in [-0.1, -0.05) is 25.7 Å². The summed E-state index contributed by atoms with van der Waals surface area (Å²) in [5, 5.41) is 3.55. The molecule has 19 heavy (non-hydrogen) atoms. The fourth-order valence-corrected chi connectivity index (χ4v) is 2.86. The van der Waals surface area contributed by atoms with Gasteiger partial charge in [0, 0.05) is 32.3 Å². The number of unbranched alkanes of at least 4 members (excludes halogenated alkanes) is 1. The SMILES string of the molecule is CCOCCCCNCCN(C)C1CCCCCC1. The highest BCUT2D eigenvalue weighted by Gasteiger charge is 2.15. The maximum absolute atomic E-state index is 5.33. The van der Waals surface area contributed by atoms with Crippen LogP contribution in [0.25, 0.3) is 0 Å². The van der Waals surface area contributed by atoms with Gasteiger partial charge in [-0.15, -0.1) is 0 Å². The molecular weight excluding hydrogens is 236 g/mol. The zero-order valence-corrected chi connectivity index (χ0v) is 13.1. The second kappa shape index (κ2) is 11.7. The van der Waals surface area contributed by atoms with Gasteiger partial charge in [-0.3, -0.25) is 0 Å². The first-order valence-electron chi connectivity index (χ1n) is 8.33. The third kappa shape index (κ3) is 8.61. The third-order valence-electron chi connectivity index (χ3n) is 4.19. The summed E-state index contributed by atoms with van der Waals surface area (Å²) in [6.07, 6.45) is 11.0. The number of nitrogens with one attached hydrogen (secondary N) is 1. The molecule has 3 heteroatoms. The van der Waals surface area contributed by atoms with E-state index in [1.54, 1.807) is 0 Å². The van der Waals surface area contributed by atoms with Crippen LogP contribution in [-0.2, 0) is 4.74 Å². The lowest BCUT2D eigenvalue weighted by Gasteiger charge is -2.27. The molecule has 1 rings (SSSR count). The topological polar surface area (TPSA) is 24.5 Å². The number of nitrogens with zero attached hydrogens (tertiary/aromatic N) is 1. The van der Waals surface area contributed by atoms with Gasteiger partial charge >= 0.3 is 0 Å². The molecule has 1 N–H and O–H groups in total. The molecule has 1 saturated carbocycles. The second-order valence-corrected chi connectivity index (χ2v) is 5.78. The molecule has 0 spiro atoms. The van der Waals surface area contributed by atoms with Crippen LogP contribution in [0.5, 0.6) is 0 Å². The molecule has 0 saturated heterocycles. The van der Waals surface area contributed by atoms with Crippen LogP contribution in [-0.4, -0.2) is 50.8 Å². The standard InChI is InChI=1S/C16H34N2O/c1-3-19-15-9-8-12-17-13-14-18(2)16-10-6-4-5-7-11-16/h16-17H,3-15H2,1-2H3. The molecule has 0 aliphatic heterocycles. The maximum atomic E-state index is 5.33. The fraction of sp³-hybridized carbons (Fsp3) is 1.00. The van der Waals surface area contributed by atoms with Crippen LogP contribution >= 0.6 is 0 Å². The molecule has 0 aromatic rings. The van der Waals surface area contributed by atoms with Crippen molar-refractivity contribution in [2.75, 3.05) is 39.9 Å². The molecule has 114 valence electrons. The van der Waals surface area contributed by atoms with Crippen molar-refractivity contribution in [3.63, 3.8) is 0 Å². The van der Waals surface area contributed by atoms with Gasteiger partial charge < -0.3 is 15.0 Å². The summed E-state index contributed by atoms with van der Waals surface area (Å²) in [7, 11) is 2.30. The van der Waals surface area contributed by atoms with Crippen molar-refractivity contribution in [1.82, 2.24) is 10.2 Å². The molecule has 0 radical (unpaired) electrons. The first-order valence-corrected chi connectivity index (χ1v) is 8.33. The van der Waals surface area contributed by atoms with E-state index >= 15 is 0 Å². The molecule has 0 heterocycles. The minimum absolute atomic E-state index is 0.835. The Morgan fingerprint density at radius 2 is 1.79 bits per heavy atom. The lowest BCUT2D eigenvalue weighted by Crippen LogP contribution is -2.37. The summed E-state index contributed by atoms with van der Waals surface area (Å²) in [5.74, 6) is 0. The molecule has 0 atom stereocenters. The molecule has 1 aliphatic rings. The van der Waals surface area contributed by atoms with E-state index in [0.717, 1.165) is 32.3 Å². The summed E-state index contributed by atoms with van der Waals surface area (Å²) in [6.45, 7) is 7.27. The van der Waals surface area contributed by atoms with Crippen LogP contribution in [0.2, 0.25) is 0 Å². The summed E-state index contributed by atoms with van der Waals surface area (Å²) < 4.78 is 5.33. The van der Waals surface area contributed by atoms with Gasteiger partial charge in [0.05, 0.1) is 0 Å². The van der Waals surface area contributed by atoms with Crippen LogP contribution in [0.4, 0.5) is 0 Å². The molecule has 0 aromatic carbocycles. The number of hydrogen-bond acceptors (Lipinski definition) is 3. The molecular formula is C16H34N2O. The number of likely N-dealkylation sites (N-methyl/N-ethyl adjacent to an activating group) is 1. The second-order valence-electron chi connectivity index (χ2n) is 5.78. The predicted molar refractivity (Wildman–Crippen MR) is 82.7 cm³/mol. The summed E-state index contributed by atoms with van der Waals surface area (Å²) in [4.78, 5) is 2.57. The largest absolute Gasteiger partial charge is 0.382 e. The summed E-state index contributed by atoms with van der Waals surface area (Å²) in [5.41, 5.74) is 0. The van der Waals surface area contributed by atoms with Crippen molar-refractivity contribution in [3.8, 4) is 0 Å². The van der Waals surface area contributed by atoms with Crippen molar-refractivity contribution < 1.29 is 4.74 Å². The fourth-order valence-electron chi connectivity index (χ4n) is 2.86. The molecule has 0 amide bonds. The highest BCUT2D eigenvalue weighted by Crippen LogP contribution is 2.20. The van der Waals surface area contributed by atoms with Crippen molar-refractivity contribution in [2.24, 2.45) is 0 Å². The van der Waals surface area contributed by atoms with Gasteiger partial charge in [-0.2, -0.15) is 0 Å². The minimum Gasteiger partial charge on any atom is -0.382 e. The van der Waals surface area contributed by atoms with Crippen LogP contribution in [0.1, 0.15) is 58.3 Å². The maximum Gasteiger partial charge on any atom is 0.0466 e. The van der Waals surface area contributed by atoms with Gasteiger partial charge in [-0.05, 0) is 46.2 Å². The van der Waals surface area contributed by atoms with Crippen molar-refractivity contribution in [1.29, 1.82) is 0 Å². The van der Waals surface area contributed by atoms with Gasteiger partial charge in [0.1, 0.15) is 0 Å². The molecule has 0 unspecified atom stereocenters. The molecule has 1 aliphatic carbocycles. The molecule has 0 bridgehead atoms. The average Bonchev–Trinajstić information content (AvgIpc) is 2.70. The Kier molecular flexibility index (Phi) is 10.4. The van der Waals surface area contributed by atoms with E-state index in [4.69, 9.17) is 4.74 Å². The predicted octanol–water partition coefficient (Wildman–Crippen LogP) is 3.05. The van der Waals surface area contributed by atoms with Crippen LogP contribution in [0.3, 0.4) is 0 Å². The van der Waals surface area contributed by atoms with E-state index in [0.29, 0.717) is 0 Å². The van der Waals surface area contributed by atoms with E-state index in [-0.39, 0.29) is 0 Å². The highest BCUT2D eigenvalue weighted by atomic mass is 16.5. The quantitative estimate of drug-likeness (QED) is 0.488. The van der Waals surface area contributed by atoms with Crippen LogP contribution in [0, 0.1) is 0 Å². The lowest BCUT2D eigenvalue weighted by atomic mass is 10.1. The molecule has 0 aromatic heterocycles. The summed E-state index contributed by atoms with van der Waals surface area (Å²) >= 11 is 0. The smallest absolute Gasteiger partial charge is 0.0466 e. The summed E-state index contributed by atoms with van der Waals surface area (Å²) in [6, 6.07) is 0.835. The Balaban J connectivity index is 1.93. The van der Waals surface area contributed by atoms with Crippen LogP contribution in [0.15, 0.2) is 0 Å². The van der Waals surface area contributed by atoms with Crippen molar-refractivity contribution in [2.45, 2.75) is 64.3 Å². The Morgan fingerprint density at radius 3 is 2.47 bits per heavy atom. The van der Waals surface area contributed by atoms with Gasteiger partial charge in [0.25, 0.3) is 0 Å². The lowest BCUT2D eigenvalue weighted by molar-refractivity contribution is 0.143. The zero-order chi connectivity index (χ0) is 13.8. The Morgan fingerprint density at radius 1 is 1.05 bits per heavy atom. The monoisotopic (exact) mass is 270 g/mol. The van der Waals surface area contributed by atoms with Gasteiger partial charge in [-0.25, -0.2) is 0 Å². The van der Waals surface area contributed by atoms with E-state index < -0.39 is 0 Å². The Hall–Kier alpha value is -0.120. The number of hydrogen-bond donors (Lipinski definition) is 1. The highest BCUT2D eigenvalue weighted by molar-refractivity contribution is 4.72. The molecule has 1 fully saturated rings. The Labute approximate surface area is 120 Å². The number of ether oxygens (including phenoxy) is 1. The van der Waals surface area contributed by atoms with Crippen LogP contribution < -0.4 is 5.32 Å². The zero-order valence-electron chi connectivity index (χ0n) is 13.1. The Bertz CT molecular complexity index is 191. The van der Waals surface area contributed by atoms with E-state index in [1.807, 2.05) is 0 Å².